The number of para-hydroxylation sites is 1. The highest BCUT2D eigenvalue weighted by Crippen LogP contribution is 2.35. The number of benzene rings is 3. The second kappa shape index (κ2) is 11.6. The van der Waals surface area contributed by atoms with Crippen LogP contribution < -0.4 is 4.74 Å². The first-order chi connectivity index (χ1) is 18.1. The summed E-state index contributed by atoms with van der Waals surface area (Å²) in [7, 11) is 0. The minimum absolute atomic E-state index is 0.0400. The van der Waals surface area contributed by atoms with Crippen LogP contribution in [-0.2, 0) is 11.4 Å². The van der Waals surface area contributed by atoms with E-state index in [1.807, 2.05) is 102 Å². The Bertz CT molecular complexity index is 1430. The van der Waals surface area contributed by atoms with Crippen molar-refractivity contribution in [1.82, 2.24) is 14.7 Å². The summed E-state index contributed by atoms with van der Waals surface area (Å²) in [4.78, 5) is 15.4. The van der Waals surface area contributed by atoms with Gasteiger partial charge in [-0.25, -0.2) is 4.68 Å². The normalized spacial score (nSPS) is 14.5. The molecule has 37 heavy (non-hydrogen) atoms. The molecule has 4 aromatic rings. The molecule has 0 saturated carbocycles. The van der Waals surface area contributed by atoms with E-state index in [1.165, 1.54) is 11.8 Å². The van der Waals surface area contributed by atoms with Crippen molar-refractivity contribution in [2.75, 3.05) is 6.54 Å². The van der Waals surface area contributed by atoms with Gasteiger partial charge in [0, 0.05) is 23.9 Å². The summed E-state index contributed by atoms with van der Waals surface area (Å²) in [6.45, 7) is 3.24. The topological polar surface area (TPSA) is 47.4 Å². The Kier molecular flexibility index (Phi) is 7.82. The Labute approximate surface area is 226 Å². The van der Waals surface area contributed by atoms with Crippen LogP contribution in [0.4, 0.5) is 0 Å². The molecule has 3 aromatic carbocycles. The predicted molar refractivity (Wildman–Crippen MR) is 155 cm³/mol. The molecule has 0 atom stereocenters. The largest absolute Gasteiger partial charge is 0.489 e. The first-order valence-electron chi connectivity index (χ1n) is 12.3. The van der Waals surface area contributed by atoms with Gasteiger partial charge < -0.3 is 4.74 Å². The van der Waals surface area contributed by atoms with Crippen molar-refractivity contribution in [2.24, 2.45) is 0 Å². The van der Waals surface area contributed by atoms with E-state index >= 15 is 0 Å². The quantitative estimate of drug-likeness (QED) is 0.172. The molecule has 0 bridgehead atoms. The number of rotatable bonds is 9. The second-order valence-electron chi connectivity index (χ2n) is 8.70. The molecule has 1 aromatic heterocycles. The third-order valence-corrected chi connectivity index (χ3v) is 7.39. The lowest BCUT2D eigenvalue weighted by molar-refractivity contribution is -0.122. The fraction of sp³-hybridized carbons (Fsp3) is 0.167. The summed E-state index contributed by atoms with van der Waals surface area (Å²) >= 11 is 6.86. The van der Waals surface area contributed by atoms with Gasteiger partial charge in [0.05, 0.1) is 10.6 Å². The Hall–Kier alpha value is -3.68. The van der Waals surface area contributed by atoms with E-state index in [1.54, 1.807) is 4.90 Å². The van der Waals surface area contributed by atoms with E-state index in [-0.39, 0.29) is 5.91 Å². The Morgan fingerprint density at radius 1 is 1.00 bits per heavy atom. The molecule has 1 fully saturated rings. The first kappa shape index (κ1) is 25.0. The van der Waals surface area contributed by atoms with Crippen LogP contribution in [0.3, 0.4) is 0 Å². The lowest BCUT2D eigenvalue weighted by Gasteiger charge is -2.13. The van der Waals surface area contributed by atoms with Gasteiger partial charge in [-0.2, -0.15) is 5.10 Å². The van der Waals surface area contributed by atoms with Crippen molar-refractivity contribution in [3.8, 4) is 22.7 Å². The zero-order valence-corrected chi connectivity index (χ0v) is 22.2. The summed E-state index contributed by atoms with van der Waals surface area (Å²) in [5, 5.41) is 4.91. The molecule has 7 heteroatoms. The second-order valence-corrected chi connectivity index (χ2v) is 10.4. The van der Waals surface area contributed by atoms with E-state index in [0.29, 0.717) is 22.4 Å². The van der Waals surface area contributed by atoms with Gasteiger partial charge in [0.1, 0.15) is 22.4 Å². The maximum Gasteiger partial charge on any atom is 0.266 e. The number of unbranched alkanes of at least 4 members (excludes halogenated alkanes) is 1. The van der Waals surface area contributed by atoms with Crippen LogP contribution in [0.1, 0.15) is 30.9 Å². The van der Waals surface area contributed by atoms with Gasteiger partial charge in [0.15, 0.2) is 0 Å². The minimum atomic E-state index is -0.0400. The number of hydrogen-bond donors (Lipinski definition) is 0. The number of nitrogens with zero attached hydrogens (tertiary/aromatic N) is 3. The van der Waals surface area contributed by atoms with Gasteiger partial charge in [-0.1, -0.05) is 98.0 Å². The van der Waals surface area contributed by atoms with E-state index in [4.69, 9.17) is 22.1 Å². The van der Waals surface area contributed by atoms with Crippen molar-refractivity contribution in [3.05, 3.63) is 107 Å². The molecule has 2 heterocycles. The molecule has 1 aliphatic heterocycles. The highest BCUT2D eigenvalue weighted by Gasteiger charge is 2.31. The number of thioether (sulfide) groups is 1. The highest BCUT2D eigenvalue weighted by molar-refractivity contribution is 8.26. The van der Waals surface area contributed by atoms with Crippen LogP contribution in [0.5, 0.6) is 5.75 Å². The molecular formula is C30H27N3O2S2. The van der Waals surface area contributed by atoms with Crippen LogP contribution in [0.25, 0.3) is 23.0 Å². The molecule has 186 valence electrons. The Morgan fingerprint density at radius 2 is 1.76 bits per heavy atom. The molecule has 0 N–H and O–H groups in total. The van der Waals surface area contributed by atoms with Crippen LogP contribution in [-0.4, -0.2) is 31.5 Å². The molecule has 0 aliphatic carbocycles. The number of thiocarbonyl (C=S) groups is 1. The number of amides is 1. The molecule has 1 amide bonds. The smallest absolute Gasteiger partial charge is 0.266 e. The van der Waals surface area contributed by atoms with E-state index in [2.05, 4.69) is 6.92 Å². The Balaban J connectivity index is 1.49. The fourth-order valence-corrected chi connectivity index (χ4v) is 5.35. The maximum atomic E-state index is 13.1. The SMILES string of the molecule is CCCCN1C(=O)C(=Cc2cn(-c3ccccc3)nc2-c2cccc(OCc3ccccc3)c2)SC1=S. The van der Waals surface area contributed by atoms with Crippen molar-refractivity contribution in [3.63, 3.8) is 0 Å². The van der Waals surface area contributed by atoms with Gasteiger partial charge >= 0.3 is 0 Å². The zero-order chi connectivity index (χ0) is 25.6. The number of carbonyl (C=O) groups excluding carboxylic acids is 1. The lowest BCUT2D eigenvalue weighted by Crippen LogP contribution is -2.28. The average molecular weight is 526 g/mol. The lowest BCUT2D eigenvalue weighted by atomic mass is 10.1. The van der Waals surface area contributed by atoms with Crippen LogP contribution in [0.2, 0.25) is 0 Å². The molecule has 0 radical (unpaired) electrons. The van der Waals surface area contributed by atoms with Crippen LogP contribution >= 0.6 is 24.0 Å². The molecular weight excluding hydrogens is 498 g/mol. The van der Waals surface area contributed by atoms with Gasteiger partial charge in [0.25, 0.3) is 5.91 Å². The number of aromatic nitrogens is 2. The van der Waals surface area contributed by atoms with E-state index in [0.717, 1.165) is 46.7 Å². The monoisotopic (exact) mass is 525 g/mol. The maximum absolute atomic E-state index is 13.1. The number of ether oxygens (including phenoxy) is 1. The van der Waals surface area contributed by atoms with Crippen molar-refractivity contribution in [2.45, 2.75) is 26.4 Å². The number of carbonyl (C=O) groups is 1. The van der Waals surface area contributed by atoms with E-state index < -0.39 is 0 Å². The fourth-order valence-electron chi connectivity index (χ4n) is 4.05. The minimum Gasteiger partial charge on any atom is -0.489 e. The standard InChI is InChI=1S/C30H27N3O2S2/c1-2-3-17-32-29(34)27(37-30(32)36)19-24-20-33(25-14-8-5-9-15-25)31-28(24)23-13-10-16-26(18-23)35-21-22-11-6-4-7-12-22/h4-16,18-20H,2-3,17,21H2,1H3. The molecule has 0 unspecified atom stereocenters. The van der Waals surface area contributed by atoms with Gasteiger partial charge in [-0.05, 0) is 42.3 Å². The molecule has 5 rings (SSSR count). The third-order valence-electron chi connectivity index (χ3n) is 6.01. The zero-order valence-electron chi connectivity index (χ0n) is 20.5. The molecule has 5 nitrogen and oxygen atoms in total. The first-order valence-corrected chi connectivity index (χ1v) is 13.5. The predicted octanol–water partition coefficient (Wildman–Crippen LogP) is 7.12. The number of hydrogen-bond acceptors (Lipinski definition) is 5. The Morgan fingerprint density at radius 3 is 2.51 bits per heavy atom. The van der Waals surface area contributed by atoms with Crippen molar-refractivity contribution < 1.29 is 9.53 Å². The summed E-state index contributed by atoms with van der Waals surface area (Å²) in [6, 6.07) is 27.9. The van der Waals surface area contributed by atoms with E-state index in [9.17, 15) is 4.79 Å². The molecule has 0 spiro atoms. The summed E-state index contributed by atoms with van der Waals surface area (Å²) < 4.78 is 8.52. The van der Waals surface area contributed by atoms with Gasteiger partial charge in [-0.15, -0.1) is 0 Å². The average Bonchev–Trinajstić information content (AvgIpc) is 3.48. The van der Waals surface area contributed by atoms with Gasteiger partial charge in [0.2, 0.25) is 0 Å². The summed E-state index contributed by atoms with van der Waals surface area (Å²) in [6.07, 6.45) is 5.80. The summed E-state index contributed by atoms with van der Waals surface area (Å²) in [5.74, 6) is 0.717. The summed E-state index contributed by atoms with van der Waals surface area (Å²) in [5.41, 5.74) is 4.57. The van der Waals surface area contributed by atoms with Crippen molar-refractivity contribution >= 4 is 40.3 Å². The van der Waals surface area contributed by atoms with Gasteiger partial charge in [-0.3, -0.25) is 9.69 Å². The van der Waals surface area contributed by atoms with Crippen molar-refractivity contribution in [1.29, 1.82) is 0 Å². The van der Waals surface area contributed by atoms with Crippen LogP contribution in [0, 0.1) is 0 Å². The van der Waals surface area contributed by atoms with Crippen LogP contribution in [0.15, 0.2) is 96.0 Å². The third kappa shape index (κ3) is 5.84. The molecule has 1 saturated heterocycles. The molecule has 1 aliphatic rings. The highest BCUT2D eigenvalue weighted by atomic mass is 32.2.